The maximum absolute atomic E-state index is 13.6. The van der Waals surface area contributed by atoms with Crippen molar-refractivity contribution in [3.63, 3.8) is 0 Å². The van der Waals surface area contributed by atoms with Gasteiger partial charge in [-0.05, 0) is 73.6 Å². The first kappa shape index (κ1) is 41.6. The molecule has 16 heteroatoms. The Hall–Kier alpha value is -4.09. The smallest absolute Gasteiger partial charge is 0.265 e. The van der Waals surface area contributed by atoms with Gasteiger partial charge in [0.1, 0.15) is 30.5 Å². The number of carbonyl (C=O) groups is 1. The summed E-state index contributed by atoms with van der Waals surface area (Å²) in [6, 6.07) is 19.1. The molecule has 4 aliphatic heterocycles. The highest BCUT2D eigenvalue weighted by Gasteiger charge is 2.68. The van der Waals surface area contributed by atoms with Crippen LogP contribution in [0.2, 0.25) is 0 Å². The van der Waals surface area contributed by atoms with E-state index in [1.54, 1.807) is 0 Å². The highest BCUT2D eigenvalue weighted by atomic mass is 35.5. The first-order valence-electron chi connectivity index (χ1n) is 19.5. The Labute approximate surface area is 351 Å². The van der Waals surface area contributed by atoms with E-state index in [-0.39, 0.29) is 78.8 Å². The molecule has 59 heavy (non-hydrogen) atoms. The van der Waals surface area contributed by atoms with E-state index in [0.29, 0.717) is 41.2 Å². The lowest BCUT2D eigenvalue weighted by Crippen LogP contribution is -2.53. The standard InChI is InChI=1S/C21H24N2O5.C21H22N2O5.CH2Cl2/c2*1-23(2)17-15-9-14-8-13(10-24)21(15,27-14)19(25)16-18(17)28-22-20(16)26-11-12-6-4-3-5-7-12;2-1-3/h3-8,14-15,17,19,24-25H,9-11H2,1-2H3;3-8,14-15,17,24H,9-11H2,1-2H3;1H2/t14?,15-,17-,19?,21?;14-,15-,17-,21+;/m00./s1. The highest BCUT2D eigenvalue weighted by Crippen LogP contribution is 2.64. The molecule has 2 aliphatic carbocycles. The van der Waals surface area contributed by atoms with Crippen LogP contribution in [-0.2, 0) is 22.7 Å². The fraction of sp³-hybridized carbons (Fsp3) is 0.465. The number of aromatic nitrogens is 2. The van der Waals surface area contributed by atoms with E-state index in [0.717, 1.165) is 23.1 Å². The molecule has 0 amide bonds. The number of aliphatic hydroxyl groups is 3. The van der Waals surface area contributed by atoms with Gasteiger partial charge in [-0.15, -0.1) is 23.2 Å². The molecule has 3 N–H and O–H groups in total. The van der Waals surface area contributed by atoms with Crippen molar-refractivity contribution >= 4 is 29.0 Å². The molecular formula is C43H48Cl2N4O10. The molecule has 2 aromatic heterocycles. The topological polar surface area (TPSA) is 173 Å². The van der Waals surface area contributed by atoms with Gasteiger partial charge in [-0.1, -0.05) is 72.8 Å². The Kier molecular flexibility index (Phi) is 11.8. The lowest BCUT2D eigenvalue weighted by molar-refractivity contribution is -0.116. The van der Waals surface area contributed by atoms with Crippen LogP contribution in [0.15, 0.2) is 93.0 Å². The summed E-state index contributed by atoms with van der Waals surface area (Å²) in [5.74, 6) is 1.20. The molecule has 14 nitrogen and oxygen atoms in total. The number of ketones is 1. The number of alkyl halides is 2. The van der Waals surface area contributed by atoms with Gasteiger partial charge in [0.15, 0.2) is 17.1 Å². The van der Waals surface area contributed by atoms with Crippen LogP contribution in [0.3, 0.4) is 0 Å². The minimum absolute atomic E-state index is 0.0305. The van der Waals surface area contributed by atoms with Crippen LogP contribution in [-0.4, -0.2) is 111 Å². The van der Waals surface area contributed by atoms with Crippen molar-refractivity contribution in [2.45, 2.75) is 67.7 Å². The van der Waals surface area contributed by atoms with Crippen LogP contribution in [0, 0.1) is 11.8 Å². The minimum Gasteiger partial charge on any atom is -0.470 e. The summed E-state index contributed by atoms with van der Waals surface area (Å²) >= 11 is 9.53. The average Bonchev–Trinajstić information content (AvgIpc) is 4.10. The molecule has 3 unspecified atom stereocenters. The van der Waals surface area contributed by atoms with Crippen LogP contribution in [0.5, 0.6) is 11.8 Å². The molecule has 6 heterocycles. The van der Waals surface area contributed by atoms with Crippen molar-refractivity contribution in [3.8, 4) is 11.8 Å². The molecule has 0 saturated carbocycles. The van der Waals surface area contributed by atoms with E-state index in [4.69, 9.17) is 51.2 Å². The molecule has 9 atom stereocenters. The van der Waals surface area contributed by atoms with Crippen LogP contribution in [0.1, 0.15) is 69.6 Å². The predicted molar refractivity (Wildman–Crippen MR) is 215 cm³/mol. The first-order chi connectivity index (χ1) is 28.5. The number of benzene rings is 2. The zero-order valence-corrected chi connectivity index (χ0v) is 34.7. The lowest BCUT2D eigenvalue weighted by Gasteiger charge is -2.46. The quantitative estimate of drug-likeness (QED) is 0.134. The number of nitrogens with zero attached hydrogens (tertiary/aromatic N) is 4. The number of rotatable bonds is 10. The Morgan fingerprint density at radius 3 is 1.85 bits per heavy atom. The normalized spacial score (nSPS) is 30.4. The molecule has 4 bridgehead atoms. The summed E-state index contributed by atoms with van der Waals surface area (Å²) in [4.78, 5) is 17.7. The van der Waals surface area contributed by atoms with E-state index >= 15 is 0 Å². The summed E-state index contributed by atoms with van der Waals surface area (Å²) in [6.45, 7) is 0.245. The Balaban J connectivity index is 0.000000154. The second kappa shape index (κ2) is 16.8. The van der Waals surface area contributed by atoms with Crippen LogP contribution in [0.25, 0.3) is 0 Å². The van der Waals surface area contributed by atoms with Crippen molar-refractivity contribution < 1.29 is 48.1 Å². The van der Waals surface area contributed by atoms with E-state index in [2.05, 4.69) is 15.2 Å². The van der Waals surface area contributed by atoms with E-state index in [1.807, 2.05) is 106 Å². The Morgan fingerprint density at radius 1 is 0.746 bits per heavy atom. The van der Waals surface area contributed by atoms with Gasteiger partial charge in [0.25, 0.3) is 11.8 Å². The van der Waals surface area contributed by atoms with Gasteiger partial charge in [0.2, 0.25) is 5.78 Å². The number of Topliss-reactive ketones (excluding diaryl/α,β-unsaturated/α-hetero) is 1. The Bertz CT molecular complexity index is 2200. The average molecular weight is 852 g/mol. The lowest BCUT2D eigenvalue weighted by atomic mass is 9.64. The third-order valence-corrected chi connectivity index (χ3v) is 12.3. The molecule has 314 valence electrons. The van der Waals surface area contributed by atoms with Crippen molar-refractivity contribution in [1.29, 1.82) is 0 Å². The second-order valence-electron chi connectivity index (χ2n) is 15.9. The second-order valence-corrected chi connectivity index (χ2v) is 16.7. The van der Waals surface area contributed by atoms with Gasteiger partial charge in [0.05, 0.1) is 48.4 Å². The van der Waals surface area contributed by atoms with Crippen molar-refractivity contribution in [2.24, 2.45) is 11.8 Å². The minimum atomic E-state index is -1.15. The Morgan fingerprint density at radius 2 is 1.25 bits per heavy atom. The van der Waals surface area contributed by atoms with Crippen molar-refractivity contribution in [2.75, 3.05) is 46.7 Å². The fourth-order valence-corrected chi connectivity index (χ4v) is 10.1. The molecule has 4 aromatic rings. The molecular weight excluding hydrogens is 803 g/mol. The molecule has 0 radical (unpaired) electrons. The molecule has 6 aliphatic rings. The summed E-state index contributed by atoms with van der Waals surface area (Å²) in [5, 5.41) is 39.6. The number of aliphatic hydroxyl groups excluding tert-OH is 3. The van der Waals surface area contributed by atoms with E-state index in [9.17, 15) is 20.1 Å². The number of hydrogen-bond donors (Lipinski definition) is 3. The van der Waals surface area contributed by atoms with Crippen LogP contribution >= 0.6 is 23.2 Å². The van der Waals surface area contributed by atoms with E-state index < -0.39 is 17.3 Å². The predicted octanol–water partition coefficient (Wildman–Crippen LogP) is 5.53. The maximum Gasteiger partial charge on any atom is 0.265 e. The number of halogens is 2. The van der Waals surface area contributed by atoms with Crippen LogP contribution < -0.4 is 9.47 Å². The molecule has 2 spiro atoms. The van der Waals surface area contributed by atoms with Gasteiger partial charge in [0, 0.05) is 11.8 Å². The molecule has 2 fully saturated rings. The third kappa shape index (κ3) is 6.82. The van der Waals surface area contributed by atoms with Crippen LogP contribution in [0.4, 0.5) is 0 Å². The summed E-state index contributed by atoms with van der Waals surface area (Å²) < 4.78 is 35.5. The fourth-order valence-electron chi connectivity index (χ4n) is 10.1. The third-order valence-electron chi connectivity index (χ3n) is 12.3. The van der Waals surface area contributed by atoms with Gasteiger partial charge < -0.3 is 43.3 Å². The van der Waals surface area contributed by atoms with Gasteiger partial charge >= 0.3 is 0 Å². The summed E-state index contributed by atoms with van der Waals surface area (Å²) in [5.41, 5.74) is 2.06. The first-order valence-corrected chi connectivity index (χ1v) is 20.6. The van der Waals surface area contributed by atoms with Crippen molar-refractivity contribution in [1.82, 2.24) is 20.1 Å². The molecule has 2 aromatic carbocycles. The summed E-state index contributed by atoms with van der Waals surface area (Å²) in [6.07, 6.45) is 4.02. The zero-order chi connectivity index (χ0) is 41.6. The van der Waals surface area contributed by atoms with Gasteiger partial charge in [-0.2, -0.15) is 0 Å². The molecule has 10 rings (SSSR count). The number of ether oxygens (including phenoxy) is 4. The van der Waals surface area contributed by atoms with Gasteiger partial charge in [-0.3, -0.25) is 14.6 Å². The highest BCUT2D eigenvalue weighted by molar-refractivity contribution is 6.40. The zero-order valence-electron chi connectivity index (χ0n) is 33.2. The van der Waals surface area contributed by atoms with E-state index in [1.165, 1.54) is 0 Å². The number of fused-ring (bicyclic) bond motifs is 4. The van der Waals surface area contributed by atoms with Crippen molar-refractivity contribution in [3.05, 3.63) is 118 Å². The number of carbonyl (C=O) groups excluding carboxylic acids is 1. The summed E-state index contributed by atoms with van der Waals surface area (Å²) in [7, 11) is 7.83. The molecule has 2 saturated heterocycles. The maximum atomic E-state index is 13.6. The number of hydrogen-bond acceptors (Lipinski definition) is 14. The SMILES string of the molecule is CN(C)[C@@H]1c2onc(OCc3ccccc3)c2C(=O)[C@@]23O[C@@H](C=C2CO)C[C@@H]13.CN(C)[C@@H]1c2onc(OCc3ccccc3)c2C(O)C23OC(C=C2CO)C[C@@H]13.ClCCl. The van der Waals surface area contributed by atoms with Gasteiger partial charge in [-0.25, -0.2) is 0 Å². The largest absolute Gasteiger partial charge is 0.470 e. The monoisotopic (exact) mass is 850 g/mol.